The smallest absolute Gasteiger partial charge is 0.407 e. The van der Waals surface area contributed by atoms with E-state index in [0.29, 0.717) is 19.1 Å². The fourth-order valence-corrected chi connectivity index (χ4v) is 4.20. The summed E-state index contributed by atoms with van der Waals surface area (Å²) in [5, 5.41) is 2.85. The first-order valence-electron chi connectivity index (χ1n) is 10.9. The fourth-order valence-electron chi connectivity index (χ4n) is 4.20. The van der Waals surface area contributed by atoms with Gasteiger partial charge in [0.15, 0.2) is 0 Å². The van der Waals surface area contributed by atoms with Crippen molar-refractivity contribution < 1.29 is 9.53 Å². The van der Waals surface area contributed by atoms with Crippen molar-refractivity contribution in [2.45, 2.75) is 69.8 Å². The van der Waals surface area contributed by atoms with Gasteiger partial charge in [0.2, 0.25) is 0 Å². The molecule has 0 unspecified atom stereocenters. The number of alkyl carbamates (subject to hydrolysis) is 1. The third kappa shape index (κ3) is 5.37. The van der Waals surface area contributed by atoms with Crippen molar-refractivity contribution in [3.63, 3.8) is 0 Å². The Morgan fingerprint density at radius 3 is 1.96 bits per heavy atom. The van der Waals surface area contributed by atoms with Gasteiger partial charge >= 0.3 is 6.09 Å². The van der Waals surface area contributed by atoms with E-state index < -0.39 is 0 Å². The van der Waals surface area contributed by atoms with Gasteiger partial charge in [-0.05, 0) is 66.2 Å². The highest BCUT2D eigenvalue weighted by Crippen LogP contribution is 2.39. The van der Waals surface area contributed by atoms with Crippen LogP contribution in [0.25, 0.3) is 0 Å². The minimum absolute atomic E-state index is 0.326. The van der Waals surface area contributed by atoms with E-state index in [9.17, 15) is 4.79 Å². The molecule has 3 nitrogen and oxygen atoms in total. The average molecular weight is 378 g/mol. The minimum atomic E-state index is -0.342. The van der Waals surface area contributed by atoms with E-state index in [2.05, 4.69) is 53.8 Å². The first-order valence-corrected chi connectivity index (χ1v) is 10.9. The monoisotopic (exact) mass is 377 g/mol. The number of hydrogen-bond donors (Lipinski definition) is 1. The maximum absolute atomic E-state index is 11.9. The Labute approximate surface area is 168 Å². The van der Waals surface area contributed by atoms with Crippen LogP contribution in [0, 0.1) is 0 Å². The van der Waals surface area contributed by atoms with Gasteiger partial charge in [0.1, 0.15) is 6.61 Å². The standard InChI is InChI=1S/C25H31NO2/c27-25(26-17-16-19-6-10-23(11-7-19)24-14-15-24)28-18-20-8-12-22(13-9-20)21-4-2-1-3-5-21/h6-13,21,24H,1-5,14-18H2,(H,26,27). The van der Waals surface area contributed by atoms with Gasteiger partial charge in [-0.1, -0.05) is 67.8 Å². The lowest BCUT2D eigenvalue weighted by Crippen LogP contribution is -2.26. The third-order valence-corrected chi connectivity index (χ3v) is 6.14. The molecule has 2 aliphatic carbocycles. The average Bonchev–Trinajstić information content (AvgIpc) is 3.59. The molecule has 3 heteroatoms. The summed E-state index contributed by atoms with van der Waals surface area (Å²) < 4.78 is 5.36. The molecule has 2 aromatic carbocycles. The van der Waals surface area contributed by atoms with Crippen LogP contribution < -0.4 is 5.32 Å². The Morgan fingerprint density at radius 1 is 0.786 bits per heavy atom. The van der Waals surface area contributed by atoms with Crippen LogP contribution in [-0.2, 0) is 17.8 Å². The van der Waals surface area contributed by atoms with Gasteiger partial charge in [0.25, 0.3) is 0 Å². The van der Waals surface area contributed by atoms with Crippen LogP contribution in [0.4, 0.5) is 4.79 Å². The van der Waals surface area contributed by atoms with Gasteiger partial charge in [-0.3, -0.25) is 0 Å². The number of benzene rings is 2. The molecule has 2 aliphatic rings. The van der Waals surface area contributed by atoms with Gasteiger partial charge in [0.05, 0.1) is 0 Å². The zero-order valence-electron chi connectivity index (χ0n) is 16.7. The molecule has 0 spiro atoms. The lowest BCUT2D eigenvalue weighted by atomic mass is 9.84. The molecule has 0 radical (unpaired) electrons. The Morgan fingerprint density at radius 2 is 1.36 bits per heavy atom. The van der Waals surface area contributed by atoms with Gasteiger partial charge in [0, 0.05) is 6.54 Å². The lowest BCUT2D eigenvalue weighted by Gasteiger charge is -2.22. The zero-order valence-corrected chi connectivity index (χ0v) is 16.7. The van der Waals surface area contributed by atoms with Gasteiger partial charge in [-0.15, -0.1) is 0 Å². The van der Waals surface area contributed by atoms with E-state index in [1.807, 2.05) is 0 Å². The molecular formula is C25H31NO2. The summed E-state index contributed by atoms with van der Waals surface area (Å²) in [6.45, 7) is 0.926. The highest BCUT2D eigenvalue weighted by atomic mass is 16.5. The van der Waals surface area contributed by atoms with Crippen molar-refractivity contribution in [2.75, 3.05) is 6.54 Å². The van der Waals surface area contributed by atoms with Gasteiger partial charge in [-0.25, -0.2) is 4.79 Å². The number of nitrogens with one attached hydrogen (secondary N) is 1. The maximum atomic E-state index is 11.9. The van der Waals surface area contributed by atoms with Crippen molar-refractivity contribution in [2.24, 2.45) is 0 Å². The third-order valence-electron chi connectivity index (χ3n) is 6.14. The number of rotatable bonds is 7. The van der Waals surface area contributed by atoms with Crippen LogP contribution >= 0.6 is 0 Å². The fraction of sp³-hybridized carbons (Fsp3) is 0.480. The van der Waals surface area contributed by atoms with Crippen molar-refractivity contribution in [1.29, 1.82) is 0 Å². The van der Waals surface area contributed by atoms with E-state index in [-0.39, 0.29) is 6.09 Å². The first-order chi connectivity index (χ1) is 13.8. The Bertz CT molecular complexity index is 756. The maximum Gasteiger partial charge on any atom is 0.407 e. The summed E-state index contributed by atoms with van der Waals surface area (Å²) in [5.74, 6) is 1.50. The van der Waals surface area contributed by atoms with Crippen molar-refractivity contribution in [3.8, 4) is 0 Å². The summed E-state index contributed by atoms with van der Waals surface area (Å²) >= 11 is 0. The second-order valence-corrected chi connectivity index (χ2v) is 8.35. The second-order valence-electron chi connectivity index (χ2n) is 8.35. The molecule has 0 aliphatic heterocycles. The summed E-state index contributed by atoms with van der Waals surface area (Å²) in [7, 11) is 0. The number of amides is 1. The number of carbonyl (C=O) groups is 1. The Hall–Kier alpha value is -2.29. The van der Waals surface area contributed by atoms with Crippen LogP contribution in [0.5, 0.6) is 0 Å². The highest BCUT2D eigenvalue weighted by Gasteiger charge is 2.22. The summed E-state index contributed by atoms with van der Waals surface area (Å²) in [4.78, 5) is 11.9. The van der Waals surface area contributed by atoms with E-state index in [1.165, 1.54) is 61.6 Å². The number of ether oxygens (including phenoxy) is 1. The highest BCUT2D eigenvalue weighted by molar-refractivity contribution is 5.67. The van der Waals surface area contributed by atoms with E-state index >= 15 is 0 Å². The Balaban J connectivity index is 1.15. The summed E-state index contributed by atoms with van der Waals surface area (Å²) in [6.07, 6.45) is 9.83. The first kappa shape index (κ1) is 19.0. The van der Waals surface area contributed by atoms with Crippen LogP contribution in [0.2, 0.25) is 0 Å². The zero-order chi connectivity index (χ0) is 19.2. The van der Waals surface area contributed by atoms with Crippen LogP contribution in [-0.4, -0.2) is 12.6 Å². The molecule has 28 heavy (non-hydrogen) atoms. The normalized spacial score (nSPS) is 17.3. The Kier molecular flexibility index (Phi) is 6.31. The molecule has 2 saturated carbocycles. The predicted octanol–water partition coefficient (Wildman–Crippen LogP) is 6.08. The second kappa shape index (κ2) is 9.27. The topological polar surface area (TPSA) is 38.3 Å². The molecule has 0 atom stereocenters. The van der Waals surface area contributed by atoms with E-state index in [0.717, 1.165) is 17.9 Å². The van der Waals surface area contributed by atoms with Gasteiger partial charge in [-0.2, -0.15) is 0 Å². The number of carbonyl (C=O) groups excluding carboxylic acids is 1. The molecule has 4 rings (SSSR count). The van der Waals surface area contributed by atoms with Crippen LogP contribution in [0.3, 0.4) is 0 Å². The molecule has 2 aromatic rings. The van der Waals surface area contributed by atoms with Crippen LogP contribution in [0.15, 0.2) is 48.5 Å². The predicted molar refractivity (Wildman–Crippen MR) is 113 cm³/mol. The summed E-state index contributed by atoms with van der Waals surface area (Å²) in [6, 6.07) is 17.4. The van der Waals surface area contributed by atoms with Crippen molar-refractivity contribution >= 4 is 6.09 Å². The number of hydrogen-bond acceptors (Lipinski definition) is 2. The molecule has 0 heterocycles. The van der Waals surface area contributed by atoms with E-state index in [4.69, 9.17) is 4.74 Å². The largest absolute Gasteiger partial charge is 0.445 e. The molecule has 1 N–H and O–H groups in total. The SMILES string of the molecule is O=C(NCCc1ccc(C2CC2)cc1)OCc1ccc(C2CCCCC2)cc1. The quantitative estimate of drug-likeness (QED) is 0.635. The lowest BCUT2D eigenvalue weighted by molar-refractivity contribution is 0.140. The molecule has 2 fully saturated rings. The minimum Gasteiger partial charge on any atom is -0.445 e. The van der Waals surface area contributed by atoms with Crippen molar-refractivity contribution in [3.05, 3.63) is 70.8 Å². The van der Waals surface area contributed by atoms with Gasteiger partial charge < -0.3 is 10.1 Å². The van der Waals surface area contributed by atoms with Crippen molar-refractivity contribution in [1.82, 2.24) is 5.32 Å². The molecule has 0 saturated heterocycles. The molecule has 148 valence electrons. The van der Waals surface area contributed by atoms with E-state index in [1.54, 1.807) is 0 Å². The molecule has 1 amide bonds. The van der Waals surface area contributed by atoms with Crippen LogP contribution in [0.1, 0.15) is 79.0 Å². The molecular weight excluding hydrogens is 346 g/mol. The summed E-state index contributed by atoms with van der Waals surface area (Å²) in [5.41, 5.74) is 5.18. The molecule has 0 aromatic heterocycles. The molecule has 0 bridgehead atoms.